The molecule has 0 radical (unpaired) electrons. The van der Waals surface area contributed by atoms with Gasteiger partial charge in [0.05, 0.1) is 33.4 Å². The van der Waals surface area contributed by atoms with Crippen molar-refractivity contribution in [1.29, 1.82) is 0 Å². The van der Waals surface area contributed by atoms with Crippen molar-refractivity contribution in [2.45, 2.75) is 6.85 Å². The summed E-state index contributed by atoms with van der Waals surface area (Å²) in [6.07, 6.45) is 1.73. The Bertz CT molecular complexity index is 3760. The van der Waals surface area contributed by atoms with E-state index in [0.29, 0.717) is 28.3 Å². The third-order valence-corrected chi connectivity index (χ3v) is 12.8. The van der Waals surface area contributed by atoms with Crippen molar-refractivity contribution in [2.75, 3.05) is 9.80 Å². The van der Waals surface area contributed by atoms with Gasteiger partial charge >= 0.3 is 0 Å². The van der Waals surface area contributed by atoms with Crippen molar-refractivity contribution in [3.05, 3.63) is 243 Å². The van der Waals surface area contributed by atoms with Gasteiger partial charge in [0.25, 0.3) is 0 Å². The van der Waals surface area contributed by atoms with Crippen LogP contribution in [0.2, 0.25) is 0 Å². The number of fused-ring (bicyclic) bond motifs is 7. The Labute approximate surface area is 413 Å². The van der Waals surface area contributed by atoms with Gasteiger partial charge < -0.3 is 28.7 Å². The summed E-state index contributed by atoms with van der Waals surface area (Å²) >= 11 is 0. The van der Waals surface area contributed by atoms with Gasteiger partial charge in [-0.1, -0.05) is 121 Å². The fraction of sp³-hybridized carbons (Fsp3) is 0.0164. The zero-order valence-electron chi connectivity index (χ0n) is 39.3. The van der Waals surface area contributed by atoms with Gasteiger partial charge in [0, 0.05) is 92.6 Å². The Morgan fingerprint density at radius 3 is 1.56 bits per heavy atom. The number of hydrogen-bond donors (Lipinski definition) is 0. The molecular weight excluding hydrogens is 1010 g/mol. The second-order valence-electron chi connectivity index (χ2n) is 16.6. The van der Waals surface area contributed by atoms with Crippen molar-refractivity contribution in [1.82, 2.24) is 14.1 Å². The van der Waals surface area contributed by atoms with Crippen LogP contribution in [0, 0.1) is 25.7 Å². The molecule has 3 aromatic heterocycles. The summed E-state index contributed by atoms with van der Waals surface area (Å²) in [5.41, 5.74) is 12.1. The van der Waals surface area contributed by atoms with Crippen LogP contribution in [0.15, 0.2) is 219 Å². The number of aryl methyl sites for hydroxylation is 1. The normalized spacial score (nSPS) is 13.1. The number of hydrogen-bond acceptors (Lipinski definition) is 4. The summed E-state index contributed by atoms with van der Waals surface area (Å²) in [5.74, 6) is 0.940. The van der Waals surface area contributed by atoms with Crippen LogP contribution >= 0.6 is 0 Å². The summed E-state index contributed by atoms with van der Waals surface area (Å²) in [5, 5.41) is 4.42. The predicted octanol–water partition coefficient (Wildman–Crippen LogP) is 15.7. The molecule has 0 fully saturated rings. The first-order chi connectivity index (χ1) is 34.4. The summed E-state index contributed by atoms with van der Waals surface area (Å²) in [7, 11) is 0. The second kappa shape index (κ2) is 16.9. The SMILES string of the molecule is [2H]C([2H])([2H])c1cc(-c2[c-]c(Oc3[c-]c(N4[CH-]N(c5ccccc5)c5ccccc54)ccc3)ccc2)ncc1-c1c(-n2c3ccccc3c3ccccc32)cccc1-n1c2ccccc2c2ccccc21.[Pt]. The summed E-state index contributed by atoms with van der Waals surface area (Å²) < 4.78 is 38.5. The Morgan fingerprint density at radius 1 is 0.485 bits per heavy atom. The van der Waals surface area contributed by atoms with Crippen LogP contribution < -0.4 is 14.5 Å². The zero-order valence-corrected chi connectivity index (χ0v) is 38.6. The molecule has 0 aliphatic carbocycles. The van der Waals surface area contributed by atoms with Crippen LogP contribution in [0.3, 0.4) is 0 Å². The van der Waals surface area contributed by atoms with Crippen LogP contribution in [0.5, 0.6) is 11.5 Å². The molecule has 0 spiro atoms. The number of aromatic nitrogens is 3. The number of pyridine rings is 1. The number of ether oxygens (including phenoxy) is 1. The average Bonchev–Trinajstić information content (AvgIpc) is 4.07. The number of nitrogens with zero attached hydrogens (tertiary/aromatic N) is 5. The quantitative estimate of drug-likeness (QED) is 0.142. The molecule has 0 amide bonds. The summed E-state index contributed by atoms with van der Waals surface area (Å²) in [6, 6.07) is 78.2. The van der Waals surface area contributed by atoms with Crippen LogP contribution in [0.25, 0.3) is 77.4 Å². The van der Waals surface area contributed by atoms with Crippen molar-refractivity contribution >= 4 is 66.4 Å². The Balaban J connectivity index is 0.00000517. The third-order valence-electron chi connectivity index (χ3n) is 12.8. The standard InChI is InChI=1S/C61H40N5O.Pt/c1-41-36-52(42-18-15-22-45(37-42)67-46-23-16-21-44(38-46)64-40-63(43-19-3-2-4-20-43)57-32-13-14-33-58(57)64)62-39-51(41)61-59(65-53-28-9-5-24-47(53)48-25-6-10-29-54(48)65)34-17-35-60(61)66-55-30-11-7-26-49(55)50-27-8-12-31-56(50)66;/h2-36,39-40H,1H3;/q-3;/i1D3;. The molecule has 0 unspecified atom stereocenters. The van der Waals surface area contributed by atoms with E-state index in [1.165, 1.54) is 0 Å². The van der Waals surface area contributed by atoms with Crippen LogP contribution in [0.1, 0.15) is 9.68 Å². The van der Waals surface area contributed by atoms with Crippen molar-refractivity contribution in [2.24, 2.45) is 0 Å². The van der Waals surface area contributed by atoms with Gasteiger partial charge in [-0.2, -0.15) is 6.07 Å². The van der Waals surface area contributed by atoms with Crippen molar-refractivity contribution < 1.29 is 29.9 Å². The van der Waals surface area contributed by atoms with Crippen LogP contribution in [-0.2, 0) is 21.1 Å². The number of para-hydroxylation sites is 7. The maximum absolute atomic E-state index is 9.17. The van der Waals surface area contributed by atoms with Gasteiger partial charge in [0.15, 0.2) is 0 Å². The molecule has 4 heterocycles. The first-order valence-corrected chi connectivity index (χ1v) is 22.3. The average molecular weight is 1060 g/mol. The smallest absolute Gasteiger partial charge is 0.0562 e. The summed E-state index contributed by atoms with van der Waals surface area (Å²) in [4.78, 5) is 9.34. The minimum Gasteiger partial charge on any atom is -0.503 e. The fourth-order valence-corrected chi connectivity index (χ4v) is 9.85. The molecular formula is C61H40N5OPt-3. The molecule has 328 valence electrons. The van der Waals surface area contributed by atoms with E-state index >= 15 is 0 Å². The third kappa shape index (κ3) is 6.79. The molecule has 0 N–H and O–H groups in total. The summed E-state index contributed by atoms with van der Waals surface area (Å²) in [6.45, 7) is -0.475. The van der Waals surface area contributed by atoms with E-state index < -0.39 is 6.85 Å². The molecule has 12 aromatic rings. The number of rotatable bonds is 8. The Hall–Kier alpha value is -8.18. The van der Waals surface area contributed by atoms with Gasteiger partial charge in [0.2, 0.25) is 0 Å². The van der Waals surface area contributed by atoms with E-state index in [4.69, 9.17) is 13.8 Å². The molecule has 1 aliphatic heterocycles. The first kappa shape index (κ1) is 38.0. The molecule has 1 aliphatic rings. The van der Waals surface area contributed by atoms with E-state index in [1.807, 2.05) is 91.0 Å². The molecule has 68 heavy (non-hydrogen) atoms. The van der Waals surface area contributed by atoms with Gasteiger partial charge in [0.1, 0.15) is 0 Å². The Morgan fingerprint density at radius 2 is 0.971 bits per heavy atom. The van der Waals surface area contributed by atoms with E-state index in [1.54, 1.807) is 12.3 Å². The maximum atomic E-state index is 9.17. The molecule has 7 heteroatoms. The molecule has 0 bridgehead atoms. The van der Waals surface area contributed by atoms with Crippen molar-refractivity contribution in [3.63, 3.8) is 0 Å². The Kier molecular flexibility index (Phi) is 9.45. The van der Waals surface area contributed by atoms with Crippen molar-refractivity contribution in [3.8, 4) is 45.3 Å². The van der Waals surface area contributed by atoms with Crippen LogP contribution in [-0.4, -0.2) is 14.1 Å². The number of anilines is 4. The second-order valence-corrected chi connectivity index (χ2v) is 16.6. The van der Waals surface area contributed by atoms with E-state index in [2.05, 4.69) is 153 Å². The van der Waals surface area contributed by atoms with Crippen LogP contribution in [0.4, 0.5) is 22.7 Å². The van der Waals surface area contributed by atoms with E-state index in [0.717, 1.165) is 83.3 Å². The van der Waals surface area contributed by atoms with E-state index in [-0.39, 0.29) is 26.6 Å². The predicted molar refractivity (Wildman–Crippen MR) is 274 cm³/mol. The van der Waals surface area contributed by atoms with Gasteiger partial charge in [-0.3, -0.25) is 0 Å². The maximum Gasteiger partial charge on any atom is 0.0562 e. The molecule has 9 aromatic carbocycles. The first-order valence-electron chi connectivity index (χ1n) is 23.8. The van der Waals surface area contributed by atoms with Gasteiger partial charge in [-0.15, -0.1) is 54.3 Å². The van der Waals surface area contributed by atoms with E-state index in [9.17, 15) is 0 Å². The van der Waals surface area contributed by atoms with Gasteiger partial charge in [-0.05, 0) is 78.8 Å². The molecule has 6 nitrogen and oxygen atoms in total. The fourth-order valence-electron chi connectivity index (χ4n) is 9.85. The molecule has 0 saturated carbocycles. The monoisotopic (exact) mass is 1060 g/mol. The molecule has 0 atom stereocenters. The number of benzene rings is 9. The molecule has 0 saturated heterocycles. The molecule has 13 rings (SSSR count). The minimum atomic E-state index is -2.54. The topological polar surface area (TPSA) is 38.5 Å². The minimum absolute atomic E-state index is 0. The zero-order chi connectivity index (χ0) is 46.9. The van der Waals surface area contributed by atoms with Gasteiger partial charge in [-0.25, -0.2) is 0 Å². The largest absolute Gasteiger partial charge is 0.503 e.